The van der Waals surface area contributed by atoms with Crippen LogP contribution in [-0.4, -0.2) is 21.8 Å². The first-order valence-electron chi connectivity index (χ1n) is 7.82. The smallest absolute Gasteiger partial charge is 0.329 e. The van der Waals surface area contributed by atoms with Gasteiger partial charge in [0.05, 0.1) is 6.42 Å². The normalized spacial score (nSPS) is 11.3. The molecule has 1 aromatic heterocycles. The van der Waals surface area contributed by atoms with Gasteiger partial charge in [-0.15, -0.1) is 0 Å². The number of carbonyl (C=O) groups is 2. The van der Waals surface area contributed by atoms with Gasteiger partial charge < -0.3 is 9.84 Å². The van der Waals surface area contributed by atoms with Gasteiger partial charge in [0.25, 0.3) is 0 Å². The van der Waals surface area contributed by atoms with E-state index >= 15 is 0 Å². The molecule has 0 aliphatic rings. The Bertz CT molecular complexity index is 996. The van der Waals surface area contributed by atoms with Crippen LogP contribution in [0.5, 0.6) is 0 Å². The summed E-state index contributed by atoms with van der Waals surface area (Å²) >= 11 is 0. The van der Waals surface area contributed by atoms with Gasteiger partial charge in [0.1, 0.15) is 5.82 Å². The number of aromatic nitrogens is 2. The Morgan fingerprint density at radius 3 is 2.21 bits per heavy atom. The predicted octanol–water partition coefficient (Wildman–Crippen LogP) is 3.64. The van der Waals surface area contributed by atoms with E-state index in [9.17, 15) is 27.2 Å². The molecule has 1 heterocycles. The molecule has 0 aliphatic heterocycles. The third-order valence-corrected chi connectivity index (χ3v) is 3.58. The SMILES string of the molecule is O=C(Cc1ccc(F)cc1)Nc1ccc(C(=O)c2noc(C(F)(F)F)n2)cc1. The number of ketones is 1. The highest BCUT2D eigenvalue weighted by atomic mass is 19.4. The number of alkyl halides is 3. The van der Waals surface area contributed by atoms with Crippen LogP contribution in [0.2, 0.25) is 0 Å². The van der Waals surface area contributed by atoms with E-state index in [4.69, 9.17) is 0 Å². The minimum Gasteiger partial charge on any atom is -0.329 e. The van der Waals surface area contributed by atoms with Crippen LogP contribution in [0.1, 0.15) is 27.6 Å². The van der Waals surface area contributed by atoms with Crippen LogP contribution in [-0.2, 0) is 17.4 Å². The van der Waals surface area contributed by atoms with Crippen LogP contribution in [0.15, 0.2) is 53.1 Å². The monoisotopic (exact) mass is 393 g/mol. The minimum atomic E-state index is -4.84. The fourth-order valence-electron chi connectivity index (χ4n) is 2.26. The van der Waals surface area contributed by atoms with Gasteiger partial charge in [-0.05, 0) is 42.0 Å². The van der Waals surface area contributed by atoms with E-state index in [2.05, 4.69) is 20.0 Å². The highest BCUT2D eigenvalue weighted by Crippen LogP contribution is 2.27. The lowest BCUT2D eigenvalue weighted by Gasteiger charge is -2.06. The second-order valence-corrected chi connectivity index (χ2v) is 5.68. The molecule has 144 valence electrons. The Hall–Kier alpha value is -3.56. The van der Waals surface area contributed by atoms with E-state index in [-0.39, 0.29) is 17.9 Å². The second-order valence-electron chi connectivity index (χ2n) is 5.68. The van der Waals surface area contributed by atoms with Gasteiger partial charge in [0.15, 0.2) is 0 Å². The minimum absolute atomic E-state index is 0.0179. The van der Waals surface area contributed by atoms with E-state index in [1.54, 1.807) is 0 Å². The first-order valence-corrected chi connectivity index (χ1v) is 7.82. The number of nitrogens with one attached hydrogen (secondary N) is 1. The van der Waals surface area contributed by atoms with Crippen molar-refractivity contribution in [3.8, 4) is 0 Å². The number of hydrogen-bond acceptors (Lipinski definition) is 5. The Kier molecular flexibility index (Phi) is 5.21. The van der Waals surface area contributed by atoms with Crippen molar-refractivity contribution in [3.63, 3.8) is 0 Å². The third kappa shape index (κ3) is 4.58. The number of benzene rings is 2. The number of carbonyl (C=O) groups excluding carboxylic acids is 2. The van der Waals surface area contributed by atoms with Crippen molar-refractivity contribution in [2.75, 3.05) is 5.32 Å². The summed E-state index contributed by atoms with van der Waals surface area (Å²) in [4.78, 5) is 27.1. The summed E-state index contributed by atoms with van der Waals surface area (Å²) < 4.78 is 54.2. The van der Waals surface area contributed by atoms with Crippen molar-refractivity contribution in [2.24, 2.45) is 0 Å². The van der Waals surface area contributed by atoms with Crippen molar-refractivity contribution in [1.29, 1.82) is 0 Å². The molecule has 0 saturated carbocycles. The molecule has 1 amide bonds. The quantitative estimate of drug-likeness (QED) is 0.529. The predicted molar refractivity (Wildman–Crippen MR) is 87.9 cm³/mol. The van der Waals surface area contributed by atoms with Crippen molar-refractivity contribution < 1.29 is 31.7 Å². The number of amides is 1. The van der Waals surface area contributed by atoms with Crippen LogP contribution in [0.4, 0.5) is 23.2 Å². The van der Waals surface area contributed by atoms with E-state index in [1.807, 2.05) is 0 Å². The van der Waals surface area contributed by atoms with Gasteiger partial charge >= 0.3 is 12.1 Å². The number of halogens is 4. The molecule has 0 spiro atoms. The molecule has 0 fully saturated rings. The maximum Gasteiger partial charge on any atom is 0.471 e. The molecule has 6 nitrogen and oxygen atoms in total. The summed E-state index contributed by atoms with van der Waals surface area (Å²) in [5, 5.41) is 5.62. The van der Waals surface area contributed by atoms with Gasteiger partial charge in [-0.1, -0.05) is 17.3 Å². The standard InChI is InChI=1S/C18H11F4N3O3/c19-12-5-1-10(2-6-12)9-14(26)23-13-7-3-11(4-8-13)15(27)16-24-17(28-25-16)18(20,21)22/h1-8H,9H2,(H,23,26). The first-order chi connectivity index (χ1) is 13.2. The maximum absolute atomic E-state index is 12.9. The van der Waals surface area contributed by atoms with Gasteiger partial charge in [-0.25, -0.2) is 4.39 Å². The van der Waals surface area contributed by atoms with Crippen LogP contribution in [0.3, 0.4) is 0 Å². The van der Waals surface area contributed by atoms with Crippen molar-refractivity contribution >= 4 is 17.4 Å². The number of anilines is 1. The summed E-state index contributed by atoms with van der Waals surface area (Å²) in [6.45, 7) is 0. The Balaban J connectivity index is 1.64. The number of rotatable bonds is 5. The lowest BCUT2D eigenvalue weighted by molar-refractivity contribution is -0.159. The zero-order valence-electron chi connectivity index (χ0n) is 14.0. The summed E-state index contributed by atoms with van der Waals surface area (Å²) in [6, 6.07) is 10.9. The van der Waals surface area contributed by atoms with Crippen LogP contribution >= 0.6 is 0 Å². The molecule has 0 atom stereocenters. The molecule has 28 heavy (non-hydrogen) atoms. The molecule has 0 saturated heterocycles. The molecule has 0 unspecified atom stereocenters. The molecule has 3 rings (SSSR count). The van der Waals surface area contributed by atoms with Gasteiger partial charge in [-0.3, -0.25) is 9.59 Å². The third-order valence-electron chi connectivity index (χ3n) is 3.58. The lowest BCUT2D eigenvalue weighted by atomic mass is 10.1. The fraction of sp³-hybridized carbons (Fsp3) is 0.111. The Morgan fingerprint density at radius 2 is 1.64 bits per heavy atom. The largest absolute Gasteiger partial charge is 0.471 e. The molecule has 0 aliphatic carbocycles. The van der Waals surface area contributed by atoms with Crippen LogP contribution in [0.25, 0.3) is 0 Å². The lowest BCUT2D eigenvalue weighted by Crippen LogP contribution is -2.14. The number of hydrogen-bond donors (Lipinski definition) is 1. The average molecular weight is 393 g/mol. The highest BCUT2D eigenvalue weighted by Gasteiger charge is 2.39. The van der Waals surface area contributed by atoms with E-state index < -0.39 is 29.5 Å². The molecule has 2 aromatic carbocycles. The maximum atomic E-state index is 12.9. The summed E-state index contributed by atoms with van der Waals surface area (Å²) in [5.74, 6) is -3.96. The van der Waals surface area contributed by atoms with E-state index in [1.165, 1.54) is 48.5 Å². The van der Waals surface area contributed by atoms with Crippen molar-refractivity contribution in [1.82, 2.24) is 10.1 Å². The molecular formula is C18H11F4N3O3. The zero-order chi connectivity index (χ0) is 20.3. The summed E-state index contributed by atoms with van der Waals surface area (Å²) in [5.41, 5.74) is 1.00. The van der Waals surface area contributed by atoms with Gasteiger partial charge in [-0.2, -0.15) is 18.2 Å². The van der Waals surface area contributed by atoms with Crippen LogP contribution < -0.4 is 5.32 Å². The average Bonchev–Trinajstić information content (AvgIpc) is 3.14. The first kappa shape index (κ1) is 19.2. The fourth-order valence-corrected chi connectivity index (χ4v) is 2.26. The number of nitrogens with zero attached hydrogens (tertiary/aromatic N) is 2. The van der Waals surface area contributed by atoms with Crippen molar-refractivity contribution in [2.45, 2.75) is 12.6 Å². The molecule has 0 bridgehead atoms. The second kappa shape index (κ2) is 7.59. The Morgan fingerprint density at radius 1 is 1.00 bits per heavy atom. The molecule has 10 heteroatoms. The Labute approximate surface area is 155 Å². The molecule has 1 N–H and O–H groups in total. The highest BCUT2D eigenvalue weighted by molar-refractivity contribution is 6.06. The van der Waals surface area contributed by atoms with Gasteiger partial charge in [0, 0.05) is 11.3 Å². The molecular weight excluding hydrogens is 382 g/mol. The topological polar surface area (TPSA) is 85.1 Å². The van der Waals surface area contributed by atoms with Gasteiger partial charge in [0.2, 0.25) is 17.5 Å². The zero-order valence-corrected chi connectivity index (χ0v) is 14.0. The van der Waals surface area contributed by atoms with Crippen molar-refractivity contribution in [3.05, 3.63) is 77.2 Å². The summed E-state index contributed by atoms with van der Waals surface area (Å²) in [6.07, 6.45) is -4.83. The van der Waals surface area contributed by atoms with E-state index in [0.29, 0.717) is 11.3 Å². The molecule has 3 aromatic rings. The van der Waals surface area contributed by atoms with E-state index in [0.717, 1.165) is 0 Å². The summed E-state index contributed by atoms with van der Waals surface area (Å²) in [7, 11) is 0. The molecule has 0 radical (unpaired) electrons. The van der Waals surface area contributed by atoms with Crippen LogP contribution in [0, 0.1) is 5.82 Å².